The van der Waals surface area contributed by atoms with Crippen LogP contribution in [-0.2, 0) is 13.5 Å². The molecule has 1 aliphatic heterocycles. The van der Waals surface area contributed by atoms with Crippen molar-refractivity contribution in [2.24, 2.45) is 18.7 Å². The fourth-order valence-electron chi connectivity index (χ4n) is 5.37. The Morgan fingerprint density at radius 3 is 2.76 bits per heavy atom. The number of nitrogens with two attached hydrogens (primary N) is 1. The number of likely N-dealkylation sites (tertiary alicyclic amines) is 1. The third kappa shape index (κ3) is 4.67. The summed E-state index contributed by atoms with van der Waals surface area (Å²) in [6, 6.07) is 8.79. The Hall–Kier alpha value is -2.92. The van der Waals surface area contributed by atoms with Crippen LogP contribution in [0.4, 0.5) is 0 Å². The number of fused-ring (bicyclic) bond motifs is 1. The van der Waals surface area contributed by atoms with Gasteiger partial charge in [-0.1, -0.05) is 32.9 Å². The second kappa shape index (κ2) is 10.1. The molecule has 1 fully saturated rings. The number of pyridine rings is 1. The van der Waals surface area contributed by atoms with Gasteiger partial charge in [-0.3, -0.25) is 4.98 Å². The summed E-state index contributed by atoms with van der Waals surface area (Å²) >= 11 is 0. The van der Waals surface area contributed by atoms with Gasteiger partial charge in [0.1, 0.15) is 5.82 Å². The number of allylic oxidation sites excluding steroid dienone is 1. The van der Waals surface area contributed by atoms with Gasteiger partial charge in [0.05, 0.1) is 11.0 Å². The number of hydrogen-bond donors (Lipinski definition) is 1. The van der Waals surface area contributed by atoms with Crippen molar-refractivity contribution in [1.29, 1.82) is 0 Å². The van der Waals surface area contributed by atoms with Gasteiger partial charge in [0, 0.05) is 43.8 Å². The van der Waals surface area contributed by atoms with Crippen LogP contribution in [0, 0.1) is 12.8 Å². The van der Waals surface area contributed by atoms with Crippen molar-refractivity contribution in [1.82, 2.24) is 19.4 Å². The summed E-state index contributed by atoms with van der Waals surface area (Å²) in [7, 11) is 2.11. The van der Waals surface area contributed by atoms with E-state index in [0.717, 1.165) is 65.4 Å². The van der Waals surface area contributed by atoms with Gasteiger partial charge in [0.2, 0.25) is 0 Å². The van der Waals surface area contributed by atoms with Gasteiger partial charge >= 0.3 is 0 Å². The maximum Gasteiger partial charge on any atom is 0.136 e. The molecule has 5 nitrogen and oxygen atoms in total. The molecule has 2 N–H and O–H groups in total. The topological polar surface area (TPSA) is 60.0 Å². The molecular formula is C29H39N5. The normalized spacial score (nSPS) is 19.1. The largest absolute Gasteiger partial charge is 0.370 e. The van der Waals surface area contributed by atoms with Crippen LogP contribution < -0.4 is 5.73 Å². The molecule has 0 amide bonds. The van der Waals surface area contributed by atoms with E-state index < -0.39 is 0 Å². The molecule has 0 aliphatic carbocycles. The predicted octanol–water partition coefficient (Wildman–Crippen LogP) is 5.82. The van der Waals surface area contributed by atoms with E-state index in [0.29, 0.717) is 5.92 Å². The maximum absolute atomic E-state index is 6.54. The van der Waals surface area contributed by atoms with E-state index in [4.69, 9.17) is 10.7 Å². The monoisotopic (exact) mass is 457 g/mol. The van der Waals surface area contributed by atoms with Crippen molar-refractivity contribution >= 4 is 28.4 Å². The molecule has 4 rings (SSSR count). The van der Waals surface area contributed by atoms with E-state index in [2.05, 4.69) is 73.1 Å². The first-order valence-electron chi connectivity index (χ1n) is 12.6. The Kier molecular flexibility index (Phi) is 7.22. The van der Waals surface area contributed by atoms with Crippen molar-refractivity contribution in [3.05, 3.63) is 65.2 Å². The molecule has 0 radical (unpaired) electrons. The second-order valence-corrected chi connectivity index (χ2v) is 9.75. The van der Waals surface area contributed by atoms with E-state index in [1.54, 1.807) is 0 Å². The lowest BCUT2D eigenvalue weighted by atomic mass is 9.88. The van der Waals surface area contributed by atoms with Crippen LogP contribution in [0.25, 0.3) is 28.4 Å². The van der Waals surface area contributed by atoms with Gasteiger partial charge in [-0.15, -0.1) is 0 Å². The van der Waals surface area contributed by atoms with Gasteiger partial charge in [0.25, 0.3) is 0 Å². The van der Waals surface area contributed by atoms with E-state index in [-0.39, 0.29) is 6.04 Å². The number of aryl methyl sites for hydroxylation is 3. The first-order valence-corrected chi connectivity index (χ1v) is 12.6. The van der Waals surface area contributed by atoms with Gasteiger partial charge in [-0.05, 0) is 85.6 Å². The van der Waals surface area contributed by atoms with Crippen LogP contribution in [0.2, 0.25) is 0 Å². The quantitative estimate of drug-likeness (QED) is 0.486. The Morgan fingerprint density at radius 2 is 2.09 bits per heavy atom. The summed E-state index contributed by atoms with van der Waals surface area (Å²) in [5, 5.41) is 0. The average molecular weight is 458 g/mol. The molecule has 1 saturated heterocycles. The highest BCUT2D eigenvalue weighted by Crippen LogP contribution is 2.32. The summed E-state index contributed by atoms with van der Waals surface area (Å²) in [6.45, 7) is 15.0. The summed E-state index contributed by atoms with van der Waals surface area (Å²) < 4.78 is 2.23. The highest BCUT2D eigenvalue weighted by atomic mass is 15.2. The fourth-order valence-corrected chi connectivity index (χ4v) is 5.37. The number of hydrogen-bond acceptors (Lipinski definition) is 4. The molecule has 0 spiro atoms. The lowest BCUT2D eigenvalue weighted by Crippen LogP contribution is -2.47. The van der Waals surface area contributed by atoms with Gasteiger partial charge in [0.15, 0.2) is 0 Å². The highest BCUT2D eigenvalue weighted by molar-refractivity contribution is 5.88. The Bertz CT molecular complexity index is 1220. The molecule has 3 heterocycles. The molecular weight excluding hydrogens is 418 g/mol. The molecule has 5 heteroatoms. The number of nitrogens with zero attached hydrogens (tertiary/aromatic N) is 4. The van der Waals surface area contributed by atoms with Gasteiger partial charge in [-0.2, -0.15) is 0 Å². The molecule has 2 aromatic heterocycles. The summed E-state index contributed by atoms with van der Waals surface area (Å²) in [5.74, 6) is 1.61. The van der Waals surface area contributed by atoms with Crippen molar-refractivity contribution in [3.63, 3.8) is 0 Å². The zero-order valence-corrected chi connectivity index (χ0v) is 21.4. The van der Waals surface area contributed by atoms with E-state index in [9.17, 15) is 0 Å². The summed E-state index contributed by atoms with van der Waals surface area (Å²) in [6.07, 6.45) is 8.51. The molecule has 1 aliphatic rings. The van der Waals surface area contributed by atoms with E-state index >= 15 is 0 Å². The zero-order chi connectivity index (χ0) is 24.4. The lowest BCUT2D eigenvalue weighted by Gasteiger charge is -2.39. The smallest absolute Gasteiger partial charge is 0.136 e. The zero-order valence-electron chi connectivity index (χ0n) is 21.4. The van der Waals surface area contributed by atoms with Crippen LogP contribution in [0.3, 0.4) is 0 Å². The first-order chi connectivity index (χ1) is 16.3. The highest BCUT2D eigenvalue weighted by Gasteiger charge is 2.27. The van der Waals surface area contributed by atoms with Crippen LogP contribution in [0.5, 0.6) is 0 Å². The van der Waals surface area contributed by atoms with Crippen LogP contribution in [0.15, 0.2) is 37.0 Å². The van der Waals surface area contributed by atoms with Crippen molar-refractivity contribution in [3.8, 4) is 0 Å². The van der Waals surface area contributed by atoms with Gasteiger partial charge < -0.3 is 15.2 Å². The summed E-state index contributed by atoms with van der Waals surface area (Å²) in [4.78, 5) is 11.9. The third-order valence-corrected chi connectivity index (χ3v) is 7.38. The molecule has 180 valence electrons. The number of rotatable bonds is 7. The number of benzene rings is 1. The minimum Gasteiger partial charge on any atom is -0.370 e. The van der Waals surface area contributed by atoms with Crippen molar-refractivity contribution < 1.29 is 0 Å². The average Bonchev–Trinajstić information content (AvgIpc) is 3.17. The molecule has 0 saturated carbocycles. The lowest BCUT2D eigenvalue weighted by molar-refractivity contribution is 0.212. The molecule has 0 bridgehead atoms. The van der Waals surface area contributed by atoms with Crippen molar-refractivity contribution in [2.45, 2.75) is 59.4 Å². The summed E-state index contributed by atoms with van der Waals surface area (Å²) in [5.41, 5.74) is 15.5. The van der Waals surface area contributed by atoms with Gasteiger partial charge in [-0.25, -0.2) is 4.98 Å². The number of imidazole rings is 1. The Labute approximate surface area is 204 Å². The third-order valence-electron chi connectivity index (χ3n) is 7.38. The van der Waals surface area contributed by atoms with Crippen LogP contribution in [0.1, 0.15) is 68.2 Å². The maximum atomic E-state index is 6.54. The minimum atomic E-state index is 0.213. The minimum absolute atomic E-state index is 0.213. The molecule has 1 aromatic carbocycles. The van der Waals surface area contributed by atoms with Crippen molar-refractivity contribution in [2.75, 3.05) is 13.1 Å². The predicted molar refractivity (Wildman–Crippen MR) is 144 cm³/mol. The standard InChI is InChI=1S/C29H39N5/c1-7-10-23-12-14-34(18-26(23)30)21(5)25-16-22(8-2)28-27(17-25)32-29(33(28)6)19(3)15-24-11-9-13-31-20(24)4/h9,11,13,15-17,23,26H,5,7-8,10,12,14,18,30H2,1-4,6H3/b19-15+. The molecule has 34 heavy (non-hydrogen) atoms. The van der Waals surface area contributed by atoms with E-state index in [1.165, 1.54) is 23.9 Å². The first kappa shape index (κ1) is 24.2. The van der Waals surface area contributed by atoms with Crippen LogP contribution in [-0.4, -0.2) is 38.6 Å². The number of piperidine rings is 1. The molecule has 2 atom stereocenters. The molecule has 3 aromatic rings. The van der Waals surface area contributed by atoms with Crippen LogP contribution >= 0.6 is 0 Å². The Morgan fingerprint density at radius 1 is 1.29 bits per heavy atom. The fraction of sp³-hybridized carbons (Fsp3) is 0.448. The number of aromatic nitrogens is 3. The van der Waals surface area contributed by atoms with E-state index in [1.807, 2.05) is 19.2 Å². The second-order valence-electron chi connectivity index (χ2n) is 9.75. The SMILES string of the molecule is C=C(c1cc(CC)c2c(c1)nc(/C(C)=C/c1cccnc1C)n2C)N1CCC(CCC)C(N)C1. The Balaban J connectivity index is 1.68. The molecule has 2 unspecified atom stereocenters.